The fourth-order valence-electron chi connectivity index (χ4n) is 8.88. The molecule has 1 unspecified atom stereocenters. The lowest BCUT2D eigenvalue weighted by molar-refractivity contribution is 0.494. The van der Waals surface area contributed by atoms with Gasteiger partial charge in [0.25, 0.3) is 0 Å². The van der Waals surface area contributed by atoms with Crippen LogP contribution in [-0.2, 0) is 0 Å². The van der Waals surface area contributed by atoms with Crippen LogP contribution >= 0.6 is 0 Å². The molecule has 0 spiro atoms. The Balaban J connectivity index is 3.14. The predicted molar refractivity (Wildman–Crippen MR) is 251 cm³/mol. The molecule has 0 aromatic heterocycles. The van der Waals surface area contributed by atoms with Gasteiger partial charge in [-0.3, -0.25) is 0 Å². The summed E-state index contributed by atoms with van der Waals surface area (Å²) in [5, 5.41) is 0. The molecule has 54 heavy (non-hydrogen) atoms. The summed E-state index contributed by atoms with van der Waals surface area (Å²) in [6.07, 6.45) is 74.9. The summed E-state index contributed by atoms with van der Waals surface area (Å²) < 4.78 is 0. The quantitative estimate of drug-likeness (QED) is 0.0542. The van der Waals surface area contributed by atoms with E-state index in [-0.39, 0.29) is 0 Å². The molecule has 0 saturated carbocycles. The van der Waals surface area contributed by atoms with E-state index in [0.717, 1.165) is 5.92 Å². The van der Waals surface area contributed by atoms with Gasteiger partial charge in [-0.1, -0.05) is 329 Å². The first-order valence-corrected chi connectivity index (χ1v) is 26.6. The van der Waals surface area contributed by atoms with Crippen LogP contribution in [0.4, 0.5) is 0 Å². The van der Waals surface area contributed by atoms with Crippen molar-refractivity contribution in [1.82, 2.24) is 0 Å². The maximum absolute atomic E-state index is 2.65. The van der Waals surface area contributed by atoms with Crippen molar-refractivity contribution in [3.05, 3.63) is 6.42 Å². The highest BCUT2D eigenvalue weighted by Gasteiger charge is 2.03. The highest BCUT2D eigenvalue weighted by atomic mass is 14.1. The van der Waals surface area contributed by atoms with Gasteiger partial charge in [-0.25, -0.2) is 0 Å². The standard InChI is InChI=1S/C54H109/c1-4-6-8-10-12-14-16-18-20-22-24-26-28-29-30-31-33-35-37-39-41-43-45-47-49-51-53-54(3)52-50-48-46-44-42-40-38-36-34-32-27-25-23-21-19-17-15-13-11-9-7-5-2/h53-54H,4-52H2,1-3H3. The molecular formula is C54H109. The summed E-state index contributed by atoms with van der Waals surface area (Å²) in [5.74, 6) is 0.837. The van der Waals surface area contributed by atoms with Gasteiger partial charge < -0.3 is 0 Å². The minimum Gasteiger partial charge on any atom is -0.0654 e. The van der Waals surface area contributed by atoms with Crippen LogP contribution in [0.15, 0.2) is 0 Å². The van der Waals surface area contributed by atoms with Gasteiger partial charge in [0, 0.05) is 0 Å². The summed E-state index contributed by atoms with van der Waals surface area (Å²) >= 11 is 0. The average molecular weight is 758 g/mol. The van der Waals surface area contributed by atoms with E-state index in [2.05, 4.69) is 27.2 Å². The molecule has 0 aliphatic heterocycles. The molecule has 325 valence electrons. The van der Waals surface area contributed by atoms with Crippen LogP contribution in [0.25, 0.3) is 0 Å². The van der Waals surface area contributed by atoms with E-state index in [0.29, 0.717) is 0 Å². The number of hydrogen-bond acceptors (Lipinski definition) is 0. The minimum atomic E-state index is 0.837. The number of rotatable bonds is 50. The summed E-state index contributed by atoms with van der Waals surface area (Å²) in [7, 11) is 0. The molecule has 0 heterocycles. The van der Waals surface area contributed by atoms with Gasteiger partial charge in [0.05, 0.1) is 0 Å². The SMILES string of the molecule is CCCCCCCCCCCCCCCCCCCCCCCCCCC[CH]C(C)CCCCCCCCCCCCCCCCCCCCCCCC. The maximum Gasteiger partial charge on any atom is -0.0358 e. The second-order valence-corrected chi connectivity index (χ2v) is 18.7. The van der Waals surface area contributed by atoms with Crippen LogP contribution in [0.3, 0.4) is 0 Å². The smallest absolute Gasteiger partial charge is 0.0358 e. The van der Waals surface area contributed by atoms with Crippen LogP contribution in [0.5, 0.6) is 0 Å². The molecule has 0 rings (SSSR count). The third kappa shape index (κ3) is 50.0. The Labute approximate surface area is 346 Å². The predicted octanol–water partition coefficient (Wildman–Crippen LogP) is 21.0. The number of hydrogen-bond donors (Lipinski definition) is 0. The van der Waals surface area contributed by atoms with Crippen molar-refractivity contribution in [3.8, 4) is 0 Å². The van der Waals surface area contributed by atoms with Crippen molar-refractivity contribution >= 4 is 0 Å². The van der Waals surface area contributed by atoms with Crippen molar-refractivity contribution in [2.24, 2.45) is 5.92 Å². The summed E-state index contributed by atoms with van der Waals surface area (Å²) in [5.41, 5.74) is 0. The van der Waals surface area contributed by atoms with Gasteiger partial charge in [0.15, 0.2) is 0 Å². The molecule has 0 heteroatoms. The van der Waals surface area contributed by atoms with Gasteiger partial charge >= 0.3 is 0 Å². The van der Waals surface area contributed by atoms with Gasteiger partial charge in [0.2, 0.25) is 0 Å². The van der Waals surface area contributed by atoms with Crippen molar-refractivity contribution in [2.75, 3.05) is 0 Å². The summed E-state index contributed by atoms with van der Waals surface area (Å²) in [4.78, 5) is 0. The van der Waals surface area contributed by atoms with Crippen LogP contribution in [0.1, 0.15) is 335 Å². The fraction of sp³-hybridized carbons (Fsp3) is 0.981. The fourth-order valence-corrected chi connectivity index (χ4v) is 8.88. The first-order valence-electron chi connectivity index (χ1n) is 26.6. The van der Waals surface area contributed by atoms with E-state index < -0.39 is 0 Å². The molecule has 0 fully saturated rings. The zero-order valence-electron chi connectivity index (χ0n) is 38.8. The van der Waals surface area contributed by atoms with Gasteiger partial charge in [0.1, 0.15) is 0 Å². The molecule has 0 saturated heterocycles. The monoisotopic (exact) mass is 758 g/mol. The average Bonchev–Trinajstić information content (AvgIpc) is 3.18. The number of unbranched alkanes of at least 4 members (excludes halogenated alkanes) is 46. The molecule has 0 aromatic carbocycles. The zero-order chi connectivity index (χ0) is 38.9. The van der Waals surface area contributed by atoms with Crippen molar-refractivity contribution in [3.63, 3.8) is 0 Å². The van der Waals surface area contributed by atoms with E-state index in [1.165, 1.54) is 315 Å². The molecule has 1 atom stereocenters. The molecule has 0 aliphatic carbocycles. The Morgan fingerprint density at radius 3 is 0.593 bits per heavy atom. The second-order valence-electron chi connectivity index (χ2n) is 18.7. The first-order chi connectivity index (χ1) is 26.8. The lowest BCUT2D eigenvalue weighted by Gasteiger charge is -2.11. The van der Waals surface area contributed by atoms with Crippen LogP contribution in [0.2, 0.25) is 0 Å². The van der Waals surface area contributed by atoms with E-state index >= 15 is 0 Å². The molecule has 1 radical (unpaired) electrons. The maximum atomic E-state index is 2.65. The van der Waals surface area contributed by atoms with E-state index in [4.69, 9.17) is 0 Å². The topological polar surface area (TPSA) is 0 Å². The van der Waals surface area contributed by atoms with Crippen LogP contribution in [-0.4, -0.2) is 0 Å². The van der Waals surface area contributed by atoms with E-state index in [1.807, 2.05) is 0 Å². The Bertz CT molecular complexity index is 607. The minimum absolute atomic E-state index is 0.837. The Hall–Kier alpha value is 0. The van der Waals surface area contributed by atoms with E-state index in [1.54, 1.807) is 0 Å². The van der Waals surface area contributed by atoms with Crippen LogP contribution < -0.4 is 0 Å². The lowest BCUT2D eigenvalue weighted by Crippen LogP contribution is -1.96. The Morgan fingerprint density at radius 2 is 0.389 bits per heavy atom. The molecule has 0 N–H and O–H groups in total. The first kappa shape index (κ1) is 54.0. The van der Waals surface area contributed by atoms with Crippen molar-refractivity contribution in [2.45, 2.75) is 335 Å². The molecule has 0 amide bonds. The molecule has 0 bridgehead atoms. The third-order valence-corrected chi connectivity index (χ3v) is 12.9. The summed E-state index contributed by atoms with van der Waals surface area (Å²) in [6.45, 7) is 7.09. The molecular weight excluding hydrogens is 649 g/mol. The normalized spacial score (nSPS) is 12.3. The highest BCUT2D eigenvalue weighted by molar-refractivity contribution is 4.72. The van der Waals surface area contributed by atoms with E-state index in [9.17, 15) is 0 Å². The Kier molecular flexibility index (Phi) is 51.0. The Morgan fingerprint density at radius 1 is 0.222 bits per heavy atom. The van der Waals surface area contributed by atoms with Gasteiger partial charge in [-0.15, -0.1) is 0 Å². The van der Waals surface area contributed by atoms with Gasteiger partial charge in [-0.05, 0) is 18.8 Å². The van der Waals surface area contributed by atoms with Gasteiger partial charge in [-0.2, -0.15) is 0 Å². The molecule has 0 aromatic rings. The van der Waals surface area contributed by atoms with Crippen molar-refractivity contribution < 1.29 is 0 Å². The second kappa shape index (κ2) is 51.0. The van der Waals surface area contributed by atoms with Crippen molar-refractivity contribution in [1.29, 1.82) is 0 Å². The third-order valence-electron chi connectivity index (χ3n) is 12.9. The zero-order valence-corrected chi connectivity index (χ0v) is 38.8. The highest BCUT2D eigenvalue weighted by Crippen LogP contribution is 2.20. The molecule has 0 aliphatic rings. The van der Waals surface area contributed by atoms with Crippen LogP contribution in [0, 0.1) is 12.3 Å². The summed E-state index contributed by atoms with van der Waals surface area (Å²) in [6, 6.07) is 0. The molecule has 0 nitrogen and oxygen atoms in total. The lowest BCUT2D eigenvalue weighted by atomic mass is 9.95. The largest absolute Gasteiger partial charge is 0.0654 e.